The van der Waals surface area contributed by atoms with Crippen LogP contribution in [-0.4, -0.2) is 30.8 Å². The first-order chi connectivity index (χ1) is 7.97. The van der Waals surface area contributed by atoms with E-state index in [-0.39, 0.29) is 5.41 Å². The van der Waals surface area contributed by atoms with Crippen LogP contribution in [0.1, 0.15) is 25.0 Å². The Hall–Kier alpha value is -0.900. The van der Waals surface area contributed by atoms with Crippen LogP contribution in [0.15, 0.2) is 24.3 Å². The van der Waals surface area contributed by atoms with Gasteiger partial charge in [0.15, 0.2) is 0 Å². The number of hydrogen-bond acceptors (Lipinski definition) is 3. The van der Waals surface area contributed by atoms with Crippen molar-refractivity contribution < 1.29 is 5.11 Å². The topological polar surface area (TPSA) is 58.3 Å². The van der Waals surface area contributed by atoms with Gasteiger partial charge in [-0.3, -0.25) is 0 Å². The smallest absolute Gasteiger partial charge is 0.0786 e. The first-order valence-electron chi connectivity index (χ1n) is 6.12. The first-order valence-corrected chi connectivity index (χ1v) is 6.12. The second-order valence-electron chi connectivity index (χ2n) is 5.22. The molecule has 1 rings (SSSR count). The van der Waals surface area contributed by atoms with Gasteiger partial charge < -0.3 is 16.2 Å². The fraction of sp³-hybridized carbons (Fsp3) is 0.571. The molecule has 17 heavy (non-hydrogen) atoms. The van der Waals surface area contributed by atoms with Crippen LogP contribution in [0, 0.1) is 6.92 Å². The molecule has 96 valence electrons. The van der Waals surface area contributed by atoms with Crippen LogP contribution in [0.3, 0.4) is 0 Å². The highest BCUT2D eigenvalue weighted by Gasteiger charge is 2.21. The van der Waals surface area contributed by atoms with E-state index >= 15 is 0 Å². The van der Waals surface area contributed by atoms with Gasteiger partial charge in [0.2, 0.25) is 0 Å². The maximum atomic E-state index is 9.39. The number of nitrogens with two attached hydrogens (primary N) is 1. The molecular weight excluding hydrogens is 212 g/mol. The molecule has 4 N–H and O–H groups in total. The zero-order valence-corrected chi connectivity index (χ0v) is 11.0. The molecule has 0 fully saturated rings. The fourth-order valence-corrected chi connectivity index (χ4v) is 2.06. The molecule has 3 nitrogen and oxygen atoms in total. The maximum absolute atomic E-state index is 9.39. The summed E-state index contributed by atoms with van der Waals surface area (Å²) in [7, 11) is 0. The van der Waals surface area contributed by atoms with Gasteiger partial charge in [-0.05, 0) is 18.1 Å². The monoisotopic (exact) mass is 236 g/mol. The van der Waals surface area contributed by atoms with E-state index in [0.29, 0.717) is 13.1 Å². The Kier molecular flexibility index (Phi) is 5.12. The fourth-order valence-electron chi connectivity index (χ4n) is 2.06. The second kappa shape index (κ2) is 6.15. The molecule has 0 aliphatic heterocycles. The molecule has 0 aliphatic carbocycles. The van der Waals surface area contributed by atoms with E-state index in [2.05, 4.69) is 50.4 Å². The molecule has 0 amide bonds. The zero-order chi connectivity index (χ0) is 12.9. The van der Waals surface area contributed by atoms with E-state index < -0.39 is 6.10 Å². The van der Waals surface area contributed by atoms with Crippen molar-refractivity contribution in [1.29, 1.82) is 0 Å². The summed E-state index contributed by atoms with van der Waals surface area (Å²) in [6.07, 6.45) is -0.456. The summed E-state index contributed by atoms with van der Waals surface area (Å²) < 4.78 is 0. The zero-order valence-electron chi connectivity index (χ0n) is 11.0. The lowest BCUT2D eigenvalue weighted by atomic mass is 9.82. The summed E-state index contributed by atoms with van der Waals surface area (Å²) in [5, 5.41) is 12.7. The molecule has 3 heteroatoms. The van der Waals surface area contributed by atoms with E-state index in [4.69, 9.17) is 5.73 Å². The van der Waals surface area contributed by atoms with Crippen molar-refractivity contribution in [3.8, 4) is 0 Å². The van der Waals surface area contributed by atoms with Crippen LogP contribution in [0.25, 0.3) is 0 Å². The van der Waals surface area contributed by atoms with Crippen molar-refractivity contribution in [3.05, 3.63) is 35.4 Å². The molecule has 0 aromatic heterocycles. The third kappa shape index (κ3) is 4.11. The Morgan fingerprint density at radius 3 is 2.59 bits per heavy atom. The van der Waals surface area contributed by atoms with Gasteiger partial charge in [-0.2, -0.15) is 0 Å². The van der Waals surface area contributed by atoms with Crippen LogP contribution in [0.2, 0.25) is 0 Å². The largest absolute Gasteiger partial charge is 0.390 e. The average Bonchev–Trinajstić information content (AvgIpc) is 2.28. The number of nitrogens with one attached hydrogen (secondary N) is 1. The summed E-state index contributed by atoms with van der Waals surface area (Å²) in [5.74, 6) is 0. The summed E-state index contributed by atoms with van der Waals surface area (Å²) in [5.41, 5.74) is 8.07. The Morgan fingerprint density at radius 1 is 1.35 bits per heavy atom. The Balaban J connectivity index is 2.60. The lowest BCUT2D eigenvalue weighted by Crippen LogP contribution is -2.39. The molecule has 1 aromatic carbocycles. The van der Waals surface area contributed by atoms with Crippen LogP contribution in [-0.2, 0) is 5.41 Å². The lowest BCUT2D eigenvalue weighted by molar-refractivity contribution is 0.177. The van der Waals surface area contributed by atoms with Crippen molar-refractivity contribution in [3.63, 3.8) is 0 Å². The van der Waals surface area contributed by atoms with Crippen molar-refractivity contribution in [2.75, 3.05) is 19.6 Å². The Labute approximate surface area is 104 Å². The molecule has 0 saturated carbocycles. The van der Waals surface area contributed by atoms with Gasteiger partial charge >= 0.3 is 0 Å². The summed E-state index contributed by atoms with van der Waals surface area (Å²) in [4.78, 5) is 0. The molecule has 0 aliphatic rings. The molecular formula is C14H24N2O. The van der Waals surface area contributed by atoms with E-state index in [1.807, 2.05) is 0 Å². The van der Waals surface area contributed by atoms with Crippen molar-refractivity contribution in [2.45, 2.75) is 32.3 Å². The van der Waals surface area contributed by atoms with E-state index in [0.717, 1.165) is 6.54 Å². The van der Waals surface area contributed by atoms with Crippen LogP contribution >= 0.6 is 0 Å². The summed E-state index contributed by atoms with van der Waals surface area (Å²) in [6, 6.07) is 8.42. The Bertz CT molecular complexity index is 350. The van der Waals surface area contributed by atoms with Gasteiger partial charge in [0.05, 0.1) is 6.10 Å². The molecule has 0 spiro atoms. The van der Waals surface area contributed by atoms with Crippen molar-refractivity contribution >= 4 is 0 Å². The van der Waals surface area contributed by atoms with Crippen molar-refractivity contribution in [1.82, 2.24) is 5.32 Å². The van der Waals surface area contributed by atoms with Crippen LogP contribution in [0.4, 0.5) is 0 Å². The lowest BCUT2D eigenvalue weighted by Gasteiger charge is -2.28. The summed E-state index contributed by atoms with van der Waals surface area (Å²) >= 11 is 0. The number of hydrogen-bond donors (Lipinski definition) is 3. The van der Waals surface area contributed by atoms with Crippen molar-refractivity contribution in [2.24, 2.45) is 5.73 Å². The highest BCUT2D eigenvalue weighted by molar-refractivity contribution is 5.32. The molecule has 0 saturated heterocycles. The molecule has 1 aromatic rings. The quantitative estimate of drug-likeness (QED) is 0.695. The number of aryl methyl sites for hydroxylation is 1. The predicted octanol–water partition coefficient (Wildman–Crippen LogP) is 1.18. The van der Waals surface area contributed by atoms with Gasteiger partial charge in [0.1, 0.15) is 0 Å². The highest BCUT2D eigenvalue weighted by Crippen LogP contribution is 2.25. The number of aliphatic hydroxyl groups is 1. The Morgan fingerprint density at radius 2 is 2.00 bits per heavy atom. The number of aliphatic hydroxyl groups excluding tert-OH is 1. The van der Waals surface area contributed by atoms with Crippen LogP contribution < -0.4 is 11.1 Å². The minimum absolute atomic E-state index is 0.0552. The average molecular weight is 236 g/mol. The molecule has 0 radical (unpaired) electrons. The SMILES string of the molecule is Cc1ccccc1C(C)(C)CNCC(O)CN. The first kappa shape index (κ1) is 14.2. The standard InChI is InChI=1S/C14H24N2O/c1-11-6-4-5-7-13(11)14(2,3)10-16-9-12(17)8-15/h4-7,12,16-17H,8-10,15H2,1-3H3. The second-order valence-corrected chi connectivity index (χ2v) is 5.22. The number of rotatable bonds is 6. The predicted molar refractivity (Wildman–Crippen MR) is 72.1 cm³/mol. The van der Waals surface area contributed by atoms with Gasteiger partial charge in [-0.15, -0.1) is 0 Å². The molecule has 1 atom stereocenters. The summed E-state index contributed by atoms with van der Waals surface area (Å²) in [6.45, 7) is 8.22. The third-order valence-corrected chi connectivity index (χ3v) is 3.09. The highest BCUT2D eigenvalue weighted by atomic mass is 16.3. The maximum Gasteiger partial charge on any atom is 0.0786 e. The third-order valence-electron chi connectivity index (χ3n) is 3.09. The van der Waals surface area contributed by atoms with E-state index in [1.165, 1.54) is 11.1 Å². The normalized spacial score (nSPS) is 13.7. The van der Waals surface area contributed by atoms with Crippen LogP contribution in [0.5, 0.6) is 0 Å². The van der Waals surface area contributed by atoms with E-state index in [9.17, 15) is 5.11 Å². The molecule has 0 heterocycles. The number of benzene rings is 1. The van der Waals surface area contributed by atoms with E-state index in [1.54, 1.807) is 0 Å². The minimum Gasteiger partial charge on any atom is -0.390 e. The van der Waals surface area contributed by atoms with Gasteiger partial charge in [0.25, 0.3) is 0 Å². The minimum atomic E-state index is -0.456. The van der Waals surface area contributed by atoms with Gasteiger partial charge in [-0.25, -0.2) is 0 Å². The molecule has 0 bridgehead atoms. The van der Waals surface area contributed by atoms with Gasteiger partial charge in [-0.1, -0.05) is 38.1 Å². The molecule has 1 unspecified atom stereocenters. The van der Waals surface area contributed by atoms with Gasteiger partial charge in [0, 0.05) is 25.0 Å².